The molecule has 27 heavy (non-hydrogen) atoms. The van der Waals surface area contributed by atoms with Crippen LogP contribution in [-0.2, 0) is 10.0 Å². The van der Waals surface area contributed by atoms with Crippen LogP contribution in [0, 0.1) is 11.7 Å². The summed E-state index contributed by atoms with van der Waals surface area (Å²) in [4.78, 5) is 14.2. The Balaban J connectivity index is 1.47. The first-order chi connectivity index (χ1) is 12.8. The van der Waals surface area contributed by atoms with E-state index in [1.807, 2.05) is 0 Å². The van der Waals surface area contributed by atoms with Crippen molar-refractivity contribution >= 4 is 44.7 Å². The second kappa shape index (κ2) is 7.05. The average molecular weight is 430 g/mol. The molecule has 1 aliphatic heterocycles. The maximum absolute atomic E-state index is 13.9. The van der Waals surface area contributed by atoms with E-state index in [9.17, 15) is 17.6 Å². The van der Waals surface area contributed by atoms with Crippen molar-refractivity contribution in [2.24, 2.45) is 5.92 Å². The van der Waals surface area contributed by atoms with Crippen molar-refractivity contribution in [3.05, 3.63) is 46.6 Å². The second-order valence-corrected chi connectivity index (χ2v) is 10.1. The van der Waals surface area contributed by atoms with E-state index in [0.29, 0.717) is 13.0 Å². The molecule has 2 amide bonds. The molecule has 1 aliphatic carbocycles. The van der Waals surface area contributed by atoms with Gasteiger partial charge < -0.3 is 10.2 Å². The van der Waals surface area contributed by atoms with Gasteiger partial charge in [0.15, 0.2) is 0 Å². The van der Waals surface area contributed by atoms with Gasteiger partial charge in [-0.3, -0.25) is 0 Å². The van der Waals surface area contributed by atoms with Gasteiger partial charge in [-0.1, -0.05) is 17.7 Å². The first kappa shape index (κ1) is 18.7. The highest BCUT2D eigenvalue weighted by Crippen LogP contribution is 2.39. The molecule has 144 valence electrons. The highest BCUT2D eigenvalue weighted by molar-refractivity contribution is 7.91. The number of nitrogens with one attached hydrogen (secondary N) is 2. The molecule has 2 bridgehead atoms. The summed E-state index contributed by atoms with van der Waals surface area (Å²) in [6, 6.07) is 6.22. The van der Waals surface area contributed by atoms with Gasteiger partial charge in [-0.25, -0.2) is 22.3 Å². The third-order valence-corrected chi connectivity index (χ3v) is 8.10. The van der Waals surface area contributed by atoms with Gasteiger partial charge >= 0.3 is 6.03 Å². The first-order valence-corrected chi connectivity index (χ1v) is 11.2. The zero-order valence-corrected chi connectivity index (χ0v) is 16.5. The molecule has 6 nitrogen and oxygen atoms in total. The highest BCUT2D eigenvalue weighted by Gasteiger charge is 2.48. The highest BCUT2D eigenvalue weighted by atomic mass is 35.5. The van der Waals surface area contributed by atoms with Crippen LogP contribution in [0.15, 0.2) is 39.9 Å². The van der Waals surface area contributed by atoms with Crippen LogP contribution >= 0.6 is 22.9 Å². The van der Waals surface area contributed by atoms with Crippen LogP contribution in [0.4, 0.5) is 14.9 Å². The summed E-state index contributed by atoms with van der Waals surface area (Å²) in [6.45, 7) is 0.531. The van der Waals surface area contributed by atoms with Crippen LogP contribution in [-0.4, -0.2) is 38.0 Å². The van der Waals surface area contributed by atoms with E-state index in [1.165, 1.54) is 12.1 Å². The minimum absolute atomic E-state index is 0.0443. The Labute approximate surface area is 165 Å². The Morgan fingerprint density at radius 3 is 2.78 bits per heavy atom. The molecule has 1 aromatic carbocycles. The molecule has 3 atom stereocenters. The van der Waals surface area contributed by atoms with Gasteiger partial charge in [0, 0.05) is 17.6 Å². The van der Waals surface area contributed by atoms with Crippen LogP contribution in [0.25, 0.3) is 0 Å². The normalized spacial score (nSPS) is 24.4. The van der Waals surface area contributed by atoms with Crippen LogP contribution in [0.2, 0.25) is 5.02 Å². The minimum Gasteiger partial charge on any atom is -0.320 e. The number of thiophene rings is 1. The Morgan fingerprint density at radius 2 is 2.11 bits per heavy atom. The predicted molar refractivity (Wildman–Crippen MR) is 102 cm³/mol. The Hall–Kier alpha value is -1.68. The zero-order chi connectivity index (χ0) is 19.2. The SMILES string of the molecule is O=C(Nc1ccc(Cl)cc1F)N1C[C@@H]2C[C@H](NS(=O)(=O)c3cccs3)[C@H]1C2. The van der Waals surface area contributed by atoms with E-state index in [4.69, 9.17) is 11.6 Å². The molecule has 1 saturated carbocycles. The quantitative estimate of drug-likeness (QED) is 0.780. The summed E-state index contributed by atoms with van der Waals surface area (Å²) in [7, 11) is -3.61. The number of rotatable bonds is 4. The Bertz CT molecular complexity index is 968. The number of urea groups is 1. The number of hydrogen-bond donors (Lipinski definition) is 2. The van der Waals surface area contributed by atoms with Gasteiger partial charge in [0.1, 0.15) is 10.0 Å². The lowest BCUT2D eigenvalue weighted by Gasteiger charge is -2.33. The van der Waals surface area contributed by atoms with Crippen molar-refractivity contribution in [1.82, 2.24) is 9.62 Å². The van der Waals surface area contributed by atoms with Crippen molar-refractivity contribution in [3.63, 3.8) is 0 Å². The number of hydrogen-bond acceptors (Lipinski definition) is 4. The molecule has 4 rings (SSSR count). The van der Waals surface area contributed by atoms with Gasteiger partial charge in [0.2, 0.25) is 10.0 Å². The number of benzene rings is 1. The number of amides is 2. The molecule has 1 aromatic heterocycles. The molecule has 2 heterocycles. The number of sulfonamides is 1. The number of halogens is 2. The van der Waals surface area contributed by atoms with Crippen LogP contribution in [0.1, 0.15) is 12.8 Å². The van der Waals surface area contributed by atoms with Gasteiger partial charge in [-0.05, 0) is 48.4 Å². The van der Waals surface area contributed by atoms with E-state index in [0.717, 1.165) is 23.8 Å². The number of carbonyl (C=O) groups is 1. The van der Waals surface area contributed by atoms with E-state index >= 15 is 0 Å². The van der Waals surface area contributed by atoms with Gasteiger partial charge in [0.25, 0.3) is 0 Å². The molecule has 2 aliphatic rings. The molecule has 0 unspecified atom stereocenters. The molecule has 2 aromatic rings. The molecule has 1 saturated heterocycles. The van der Waals surface area contributed by atoms with Crippen molar-refractivity contribution < 1.29 is 17.6 Å². The van der Waals surface area contributed by atoms with E-state index < -0.39 is 21.9 Å². The molecular weight excluding hydrogens is 413 g/mol. The number of piperidine rings is 1. The minimum atomic E-state index is -3.61. The smallest absolute Gasteiger partial charge is 0.320 e. The summed E-state index contributed by atoms with van der Waals surface area (Å²) in [5.41, 5.74) is 0.0443. The first-order valence-electron chi connectivity index (χ1n) is 8.42. The summed E-state index contributed by atoms with van der Waals surface area (Å²) in [6.07, 6.45) is 1.42. The van der Waals surface area contributed by atoms with Crippen molar-refractivity contribution in [3.8, 4) is 0 Å². The van der Waals surface area contributed by atoms with Crippen molar-refractivity contribution in [2.75, 3.05) is 11.9 Å². The monoisotopic (exact) mass is 429 g/mol. The predicted octanol–water partition coefficient (Wildman–Crippen LogP) is 3.51. The van der Waals surface area contributed by atoms with Crippen molar-refractivity contribution in [1.29, 1.82) is 0 Å². The number of carbonyl (C=O) groups excluding carboxylic acids is 1. The third kappa shape index (κ3) is 3.69. The standard InChI is InChI=1S/C17H17ClFN3O3S2/c18-11-3-4-13(12(19)8-11)20-17(23)22-9-10-6-14(15(22)7-10)21-27(24,25)16-2-1-5-26-16/h1-5,8,10,14-15,21H,6-7,9H2,(H,20,23)/t10-,14+,15-/m1/s1. The third-order valence-electron chi connectivity index (χ3n) is 4.98. The lowest BCUT2D eigenvalue weighted by molar-refractivity contribution is 0.183. The molecule has 2 fully saturated rings. The fraction of sp³-hybridized carbons (Fsp3) is 0.353. The van der Waals surface area contributed by atoms with Crippen LogP contribution in [0.5, 0.6) is 0 Å². The zero-order valence-electron chi connectivity index (χ0n) is 14.1. The topological polar surface area (TPSA) is 78.5 Å². The van der Waals surface area contributed by atoms with Gasteiger partial charge in [-0.15, -0.1) is 11.3 Å². The van der Waals surface area contributed by atoms with Gasteiger partial charge in [0.05, 0.1) is 11.7 Å². The van der Waals surface area contributed by atoms with E-state index in [1.54, 1.807) is 22.4 Å². The largest absolute Gasteiger partial charge is 0.322 e. The summed E-state index contributed by atoms with van der Waals surface area (Å²) >= 11 is 6.88. The number of nitrogens with zero attached hydrogens (tertiary/aromatic N) is 1. The summed E-state index contributed by atoms with van der Waals surface area (Å²) in [5.74, 6) is -0.387. The fourth-order valence-corrected chi connectivity index (χ4v) is 6.29. The van der Waals surface area contributed by atoms with Crippen LogP contribution in [0.3, 0.4) is 0 Å². The summed E-state index contributed by atoms with van der Waals surface area (Å²) < 4.78 is 41.9. The average Bonchev–Trinajstić information content (AvgIpc) is 3.32. The Morgan fingerprint density at radius 1 is 1.30 bits per heavy atom. The molecule has 0 radical (unpaired) electrons. The number of anilines is 1. The fourth-order valence-electron chi connectivity index (χ4n) is 3.84. The van der Waals surface area contributed by atoms with E-state index in [2.05, 4.69) is 10.0 Å². The summed E-state index contributed by atoms with van der Waals surface area (Å²) in [5, 5.41) is 4.50. The molecular formula is C17H17ClFN3O3S2. The Kier molecular flexibility index (Phi) is 4.87. The number of fused-ring (bicyclic) bond motifs is 2. The van der Waals surface area contributed by atoms with Crippen molar-refractivity contribution in [2.45, 2.75) is 29.1 Å². The lowest BCUT2D eigenvalue weighted by Crippen LogP contribution is -2.52. The van der Waals surface area contributed by atoms with Crippen LogP contribution < -0.4 is 10.0 Å². The molecule has 10 heteroatoms. The second-order valence-electron chi connectivity index (χ2n) is 6.77. The number of likely N-dealkylation sites (tertiary alicyclic amines) is 1. The molecule has 2 N–H and O–H groups in total. The maximum Gasteiger partial charge on any atom is 0.322 e. The molecule has 0 spiro atoms. The lowest BCUT2D eigenvalue weighted by atomic mass is 10.1. The van der Waals surface area contributed by atoms with E-state index in [-0.39, 0.29) is 32.9 Å². The maximum atomic E-state index is 13.9. The van der Waals surface area contributed by atoms with Gasteiger partial charge in [-0.2, -0.15) is 0 Å².